The SMILES string of the molecule is C.CC.CCCCCCc1ccccc1. The van der Waals surface area contributed by atoms with Gasteiger partial charge in [-0.15, -0.1) is 0 Å². The number of aryl methyl sites for hydroxylation is 1. The molecule has 1 rings (SSSR count). The van der Waals surface area contributed by atoms with Gasteiger partial charge in [0.05, 0.1) is 0 Å². The minimum atomic E-state index is 0. The molecule has 0 saturated carbocycles. The van der Waals surface area contributed by atoms with Crippen molar-refractivity contribution in [2.75, 3.05) is 0 Å². The maximum atomic E-state index is 2.25. The second kappa shape index (κ2) is 13.2. The Hall–Kier alpha value is -0.780. The Morgan fingerprint density at radius 2 is 1.47 bits per heavy atom. The minimum absolute atomic E-state index is 0. The summed E-state index contributed by atoms with van der Waals surface area (Å²) in [7, 11) is 0. The Balaban J connectivity index is 0. The number of unbranched alkanes of at least 4 members (excludes halogenated alkanes) is 3. The molecular formula is C15H28. The zero-order valence-electron chi connectivity index (χ0n) is 9.92. The van der Waals surface area contributed by atoms with E-state index in [0.29, 0.717) is 0 Å². The van der Waals surface area contributed by atoms with Crippen molar-refractivity contribution in [1.29, 1.82) is 0 Å². The van der Waals surface area contributed by atoms with Crippen molar-refractivity contribution in [2.45, 2.75) is 60.3 Å². The van der Waals surface area contributed by atoms with Gasteiger partial charge in [0.2, 0.25) is 0 Å². The molecule has 0 atom stereocenters. The van der Waals surface area contributed by atoms with Crippen LogP contribution in [0.2, 0.25) is 0 Å². The third-order valence-electron chi connectivity index (χ3n) is 2.16. The fourth-order valence-corrected chi connectivity index (χ4v) is 1.40. The van der Waals surface area contributed by atoms with Crippen LogP contribution in [-0.2, 0) is 6.42 Å². The highest BCUT2D eigenvalue weighted by Gasteiger charge is 1.90. The highest BCUT2D eigenvalue weighted by Crippen LogP contribution is 2.06. The summed E-state index contributed by atoms with van der Waals surface area (Å²) in [4.78, 5) is 0. The van der Waals surface area contributed by atoms with Gasteiger partial charge < -0.3 is 0 Å². The standard InChI is InChI=1S/C12H18.C2H6.CH4/c1-2-3-4-6-9-12-10-7-5-8-11-12;1-2;/h5,7-8,10-11H,2-4,6,9H2,1H3;1-2H3;1H4. The summed E-state index contributed by atoms with van der Waals surface area (Å²) in [5, 5.41) is 0. The molecule has 0 saturated heterocycles. The molecule has 1 aromatic carbocycles. The first-order valence-electron chi connectivity index (χ1n) is 5.97. The number of benzene rings is 1. The molecule has 0 aromatic heterocycles. The van der Waals surface area contributed by atoms with E-state index in [2.05, 4.69) is 37.3 Å². The van der Waals surface area contributed by atoms with E-state index < -0.39 is 0 Å². The number of rotatable bonds is 5. The Morgan fingerprint density at radius 1 is 0.867 bits per heavy atom. The van der Waals surface area contributed by atoms with E-state index in [0.717, 1.165) is 0 Å². The number of hydrogen-bond acceptors (Lipinski definition) is 0. The Kier molecular flexibility index (Phi) is 14.7. The lowest BCUT2D eigenvalue weighted by molar-refractivity contribution is 0.667. The third-order valence-corrected chi connectivity index (χ3v) is 2.16. The van der Waals surface area contributed by atoms with E-state index in [1.807, 2.05) is 13.8 Å². The average molecular weight is 208 g/mol. The molecule has 0 spiro atoms. The van der Waals surface area contributed by atoms with Crippen molar-refractivity contribution in [2.24, 2.45) is 0 Å². The smallest absolute Gasteiger partial charge is 0.0279 e. The molecular weight excluding hydrogens is 180 g/mol. The predicted octanol–water partition coefficient (Wildman–Crippen LogP) is 5.47. The summed E-state index contributed by atoms with van der Waals surface area (Å²) in [5.74, 6) is 0. The van der Waals surface area contributed by atoms with Crippen LogP contribution in [0.5, 0.6) is 0 Å². The molecule has 88 valence electrons. The van der Waals surface area contributed by atoms with Crippen LogP contribution in [0.1, 0.15) is 59.4 Å². The van der Waals surface area contributed by atoms with Crippen molar-refractivity contribution >= 4 is 0 Å². The largest absolute Gasteiger partial charge is 0.0776 e. The summed E-state index contributed by atoms with van der Waals surface area (Å²) < 4.78 is 0. The lowest BCUT2D eigenvalue weighted by Gasteiger charge is -1.99. The Bertz CT molecular complexity index is 188. The monoisotopic (exact) mass is 208 g/mol. The van der Waals surface area contributed by atoms with Crippen molar-refractivity contribution in [1.82, 2.24) is 0 Å². The molecule has 0 bridgehead atoms. The first-order valence-corrected chi connectivity index (χ1v) is 5.97. The maximum Gasteiger partial charge on any atom is -0.0279 e. The van der Waals surface area contributed by atoms with Crippen molar-refractivity contribution in [3.05, 3.63) is 35.9 Å². The molecule has 0 aliphatic rings. The van der Waals surface area contributed by atoms with Crippen molar-refractivity contribution < 1.29 is 0 Å². The summed E-state index contributed by atoms with van der Waals surface area (Å²) in [6, 6.07) is 10.7. The fourth-order valence-electron chi connectivity index (χ4n) is 1.40. The van der Waals surface area contributed by atoms with Crippen LogP contribution in [0.4, 0.5) is 0 Å². The van der Waals surface area contributed by atoms with Gasteiger partial charge in [-0.1, -0.05) is 77.8 Å². The molecule has 0 unspecified atom stereocenters. The van der Waals surface area contributed by atoms with E-state index in [9.17, 15) is 0 Å². The third kappa shape index (κ3) is 9.52. The molecule has 0 radical (unpaired) electrons. The Labute approximate surface area is 96.7 Å². The molecule has 15 heavy (non-hydrogen) atoms. The minimum Gasteiger partial charge on any atom is -0.0776 e. The van der Waals surface area contributed by atoms with Gasteiger partial charge in [0, 0.05) is 0 Å². The van der Waals surface area contributed by atoms with Gasteiger partial charge in [-0.05, 0) is 18.4 Å². The van der Waals surface area contributed by atoms with Crippen LogP contribution in [0.15, 0.2) is 30.3 Å². The van der Waals surface area contributed by atoms with E-state index in [4.69, 9.17) is 0 Å². The van der Waals surface area contributed by atoms with Gasteiger partial charge >= 0.3 is 0 Å². The quantitative estimate of drug-likeness (QED) is 0.563. The second-order valence-corrected chi connectivity index (χ2v) is 3.30. The fraction of sp³-hybridized carbons (Fsp3) is 0.600. The lowest BCUT2D eigenvalue weighted by Crippen LogP contribution is -1.84. The van der Waals surface area contributed by atoms with Gasteiger partial charge in [0.15, 0.2) is 0 Å². The van der Waals surface area contributed by atoms with E-state index in [-0.39, 0.29) is 7.43 Å². The zero-order chi connectivity index (χ0) is 10.6. The van der Waals surface area contributed by atoms with Gasteiger partial charge in [-0.25, -0.2) is 0 Å². The molecule has 0 N–H and O–H groups in total. The van der Waals surface area contributed by atoms with Gasteiger partial charge in [-0.2, -0.15) is 0 Å². The van der Waals surface area contributed by atoms with Crippen LogP contribution in [-0.4, -0.2) is 0 Å². The van der Waals surface area contributed by atoms with E-state index in [1.54, 1.807) is 0 Å². The lowest BCUT2D eigenvalue weighted by atomic mass is 10.1. The second-order valence-electron chi connectivity index (χ2n) is 3.30. The first-order chi connectivity index (χ1) is 6.93. The predicted molar refractivity (Wildman–Crippen MR) is 72.4 cm³/mol. The molecule has 1 aromatic rings. The topological polar surface area (TPSA) is 0 Å². The van der Waals surface area contributed by atoms with Crippen molar-refractivity contribution in [3.8, 4) is 0 Å². The molecule has 0 fully saturated rings. The summed E-state index contributed by atoms with van der Waals surface area (Å²) in [6.07, 6.45) is 6.69. The van der Waals surface area contributed by atoms with Crippen LogP contribution in [0.3, 0.4) is 0 Å². The average Bonchev–Trinajstić information content (AvgIpc) is 2.29. The highest BCUT2D eigenvalue weighted by atomic mass is 14.0. The molecule has 0 aliphatic heterocycles. The van der Waals surface area contributed by atoms with Crippen LogP contribution in [0.25, 0.3) is 0 Å². The van der Waals surface area contributed by atoms with E-state index in [1.165, 1.54) is 37.7 Å². The van der Waals surface area contributed by atoms with Gasteiger partial charge in [0.1, 0.15) is 0 Å². The van der Waals surface area contributed by atoms with Gasteiger partial charge in [0.25, 0.3) is 0 Å². The summed E-state index contributed by atoms with van der Waals surface area (Å²) >= 11 is 0. The molecule has 0 heterocycles. The molecule has 0 heteroatoms. The Morgan fingerprint density at radius 3 is 2.00 bits per heavy atom. The van der Waals surface area contributed by atoms with Crippen LogP contribution >= 0.6 is 0 Å². The summed E-state index contributed by atoms with van der Waals surface area (Å²) in [5.41, 5.74) is 1.48. The zero-order valence-corrected chi connectivity index (χ0v) is 9.92. The molecule has 0 amide bonds. The molecule has 0 nitrogen and oxygen atoms in total. The van der Waals surface area contributed by atoms with Crippen molar-refractivity contribution in [3.63, 3.8) is 0 Å². The normalized spacial score (nSPS) is 8.47. The van der Waals surface area contributed by atoms with Crippen LogP contribution < -0.4 is 0 Å². The maximum absolute atomic E-state index is 2.25. The van der Waals surface area contributed by atoms with Gasteiger partial charge in [-0.3, -0.25) is 0 Å². The van der Waals surface area contributed by atoms with E-state index >= 15 is 0 Å². The molecule has 0 aliphatic carbocycles. The first kappa shape index (κ1) is 16.6. The van der Waals surface area contributed by atoms with Crippen LogP contribution in [0, 0.1) is 0 Å². The number of hydrogen-bond donors (Lipinski definition) is 0. The summed E-state index contributed by atoms with van der Waals surface area (Å²) in [6.45, 7) is 6.25. The highest BCUT2D eigenvalue weighted by molar-refractivity contribution is 5.14.